The molecule has 0 aliphatic rings. The standard InChI is InChI=1S/C11H11F7O3S2/c1-22(2,8-6-4-3-5-7-8)21-23(19,20)11(17,18)9(12,13)10(14,15)16/h3-7H,1-2H3/p+1. The first-order chi connectivity index (χ1) is 10.1. The van der Waals surface area contributed by atoms with E-state index in [9.17, 15) is 39.2 Å². The molecule has 1 aromatic carbocycles. The molecule has 23 heavy (non-hydrogen) atoms. The van der Waals surface area contributed by atoms with E-state index >= 15 is 0 Å². The predicted molar refractivity (Wildman–Crippen MR) is 71.6 cm³/mol. The van der Waals surface area contributed by atoms with E-state index in [2.05, 4.69) is 3.63 Å². The van der Waals surface area contributed by atoms with Gasteiger partial charge in [0.05, 0.1) is 4.90 Å². The predicted octanol–water partition coefficient (Wildman–Crippen LogP) is 4.24. The molecule has 0 saturated heterocycles. The normalized spacial score (nSPS) is 15.5. The summed E-state index contributed by atoms with van der Waals surface area (Å²) in [4.78, 5) is 0.120. The molecule has 1 rings (SSSR count). The van der Waals surface area contributed by atoms with Gasteiger partial charge in [0.2, 0.25) is 0 Å². The highest BCUT2D eigenvalue weighted by atomic mass is 32.3. The van der Waals surface area contributed by atoms with Crippen LogP contribution >= 0.6 is 10.3 Å². The molecule has 1 N–H and O–H groups in total. The van der Waals surface area contributed by atoms with Crippen LogP contribution in [0.1, 0.15) is 0 Å². The van der Waals surface area contributed by atoms with Gasteiger partial charge in [0.1, 0.15) is 0 Å². The summed E-state index contributed by atoms with van der Waals surface area (Å²) in [6, 6.07) is 6.94. The van der Waals surface area contributed by atoms with Gasteiger partial charge in [0, 0.05) is 22.8 Å². The summed E-state index contributed by atoms with van der Waals surface area (Å²) in [7, 11) is -9.40. The summed E-state index contributed by atoms with van der Waals surface area (Å²) in [5.41, 5.74) is 0. The molecule has 1 aromatic rings. The molecular formula is C11H12F7O3S2+. The Kier molecular flexibility index (Phi) is 5.06. The molecule has 0 radical (unpaired) electrons. The Morgan fingerprint density at radius 1 is 0.870 bits per heavy atom. The van der Waals surface area contributed by atoms with Gasteiger partial charge in [-0.05, 0) is 12.1 Å². The number of halogens is 7. The zero-order valence-corrected chi connectivity index (χ0v) is 13.2. The summed E-state index contributed by atoms with van der Waals surface area (Å²) in [6.45, 7) is 0. The van der Waals surface area contributed by atoms with Crippen LogP contribution in [0.25, 0.3) is 0 Å². The zero-order valence-electron chi connectivity index (χ0n) is 11.6. The average molecular weight is 389 g/mol. The first-order valence-electron chi connectivity index (χ1n) is 5.66. The second kappa shape index (κ2) is 5.81. The smallest absolute Gasteiger partial charge is 0.265 e. The summed E-state index contributed by atoms with van der Waals surface area (Å²) >= 11 is 0. The van der Waals surface area contributed by atoms with E-state index in [0.717, 1.165) is 12.5 Å². The van der Waals surface area contributed by atoms with Crippen molar-refractivity contribution >= 4 is 20.4 Å². The fourth-order valence-corrected chi connectivity index (χ4v) is 5.36. The Labute approximate surface area is 129 Å². The van der Waals surface area contributed by atoms with Crippen molar-refractivity contribution in [2.24, 2.45) is 0 Å². The molecule has 0 heterocycles. The number of benzene rings is 1. The maximum Gasteiger partial charge on any atom is 0.489 e. The van der Waals surface area contributed by atoms with E-state index in [1.165, 1.54) is 30.3 Å². The van der Waals surface area contributed by atoms with Gasteiger partial charge < -0.3 is 0 Å². The molecule has 0 aliphatic heterocycles. The van der Waals surface area contributed by atoms with Crippen LogP contribution in [0.15, 0.2) is 35.2 Å². The summed E-state index contributed by atoms with van der Waals surface area (Å²) in [5.74, 6) is -6.77. The maximum absolute atomic E-state index is 13.4. The van der Waals surface area contributed by atoms with Crippen LogP contribution in [0, 0.1) is 0 Å². The molecule has 0 atom stereocenters. The third kappa shape index (κ3) is 3.58. The van der Waals surface area contributed by atoms with Crippen LogP contribution in [0.3, 0.4) is 0 Å². The monoisotopic (exact) mass is 389 g/mol. The quantitative estimate of drug-likeness (QED) is 0.430. The van der Waals surface area contributed by atoms with E-state index in [1.807, 2.05) is 0 Å². The Morgan fingerprint density at radius 2 is 1.30 bits per heavy atom. The molecule has 134 valence electrons. The lowest BCUT2D eigenvalue weighted by Gasteiger charge is -2.30. The number of rotatable bonds is 5. The SMILES string of the molecule is CS(C)([OH+]S(=O)(=O)C(F)(F)C(F)(F)C(F)(F)F)c1ccccc1. The van der Waals surface area contributed by atoms with Crippen LogP contribution in [0.5, 0.6) is 0 Å². The average Bonchev–Trinajstić information content (AvgIpc) is 2.36. The van der Waals surface area contributed by atoms with Gasteiger partial charge in [-0.1, -0.05) is 18.2 Å². The molecule has 0 fully saturated rings. The third-order valence-corrected chi connectivity index (χ3v) is 7.26. The first-order valence-corrected chi connectivity index (χ1v) is 9.50. The highest BCUT2D eigenvalue weighted by molar-refractivity contribution is 8.31. The van der Waals surface area contributed by atoms with Crippen LogP contribution in [-0.2, 0) is 10.1 Å². The molecule has 0 unspecified atom stereocenters. The van der Waals surface area contributed by atoms with Gasteiger partial charge in [-0.25, -0.2) is 0 Å². The van der Waals surface area contributed by atoms with Crippen molar-refractivity contribution in [3.05, 3.63) is 30.3 Å². The van der Waals surface area contributed by atoms with Crippen molar-refractivity contribution in [1.82, 2.24) is 0 Å². The van der Waals surface area contributed by atoms with Crippen LogP contribution in [0.4, 0.5) is 30.7 Å². The largest absolute Gasteiger partial charge is 0.489 e. The molecule has 12 heteroatoms. The summed E-state index contributed by atoms with van der Waals surface area (Å²) in [6.07, 6.45) is -4.60. The van der Waals surface area contributed by atoms with Crippen molar-refractivity contribution in [2.75, 3.05) is 12.5 Å². The van der Waals surface area contributed by atoms with E-state index in [-0.39, 0.29) is 4.90 Å². The summed E-state index contributed by atoms with van der Waals surface area (Å²) in [5, 5.41) is -6.42. The molecule has 0 spiro atoms. The Bertz CT molecular complexity index is 654. The van der Waals surface area contributed by atoms with Crippen LogP contribution < -0.4 is 0 Å². The number of alkyl halides is 7. The highest BCUT2D eigenvalue weighted by Gasteiger charge is 2.82. The van der Waals surface area contributed by atoms with E-state index in [1.54, 1.807) is 0 Å². The van der Waals surface area contributed by atoms with Crippen molar-refractivity contribution in [2.45, 2.75) is 22.2 Å². The second-order valence-corrected chi connectivity index (χ2v) is 9.80. The number of hydrogen-bond donors (Lipinski definition) is 0. The lowest BCUT2D eigenvalue weighted by atomic mass is 10.3. The lowest BCUT2D eigenvalue weighted by Crippen LogP contribution is -2.57. The molecule has 0 aromatic heterocycles. The van der Waals surface area contributed by atoms with Crippen LogP contribution in [0.2, 0.25) is 0 Å². The van der Waals surface area contributed by atoms with Gasteiger partial charge in [-0.15, -0.1) is 8.42 Å². The molecule has 3 nitrogen and oxygen atoms in total. The fraction of sp³-hybridized carbons (Fsp3) is 0.455. The van der Waals surface area contributed by atoms with E-state index in [0.29, 0.717) is 0 Å². The molecule has 0 aliphatic carbocycles. The first kappa shape index (κ1) is 20.0. The molecule has 0 bridgehead atoms. The van der Waals surface area contributed by atoms with E-state index < -0.39 is 37.8 Å². The minimum Gasteiger partial charge on any atom is -0.265 e. The maximum atomic E-state index is 13.4. The van der Waals surface area contributed by atoms with Crippen molar-refractivity contribution in [3.63, 3.8) is 0 Å². The lowest BCUT2D eigenvalue weighted by molar-refractivity contribution is -0.333. The van der Waals surface area contributed by atoms with Crippen molar-refractivity contribution < 1.29 is 42.8 Å². The van der Waals surface area contributed by atoms with Gasteiger partial charge in [-0.3, -0.25) is 3.63 Å². The Balaban J connectivity index is 3.27. The van der Waals surface area contributed by atoms with Crippen LogP contribution in [-0.4, -0.2) is 41.9 Å². The van der Waals surface area contributed by atoms with E-state index in [4.69, 9.17) is 0 Å². The topological polar surface area (TPSA) is 46.9 Å². The molecule has 0 saturated carbocycles. The third-order valence-electron chi connectivity index (χ3n) is 2.65. The minimum atomic E-state index is -6.77. The summed E-state index contributed by atoms with van der Waals surface area (Å²) < 4.78 is 114. The highest BCUT2D eigenvalue weighted by Crippen LogP contribution is 2.55. The van der Waals surface area contributed by atoms with Crippen molar-refractivity contribution in [1.29, 1.82) is 0 Å². The number of hydrogen-bond acceptors (Lipinski definition) is 2. The van der Waals surface area contributed by atoms with Gasteiger partial charge in [0.25, 0.3) is 0 Å². The molecule has 0 amide bonds. The van der Waals surface area contributed by atoms with Gasteiger partial charge in [-0.2, -0.15) is 30.7 Å². The molecular weight excluding hydrogens is 377 g/mol. The minimum absolute atomic E-state index is 0.120. The zero-order chi connectivity index (χ0) is 18.3. The van der Waals surface area contributed by atoms with Gasteiger partial charge >= 0.3 is 27.5 Å². The second-order valence-electron chi connectivity index (χ2n) is 4.72. The van der Waals surface area contributed by atoms with Gasteiger partial charge in [0.15, 0.2) is 0 Å². The Morgan fingerprint density at radius 3 is 1.70 bits per heavy atom. The Hall–Kier alpha value is -1.01. The fourth-order valence-electron chi connectivity index (χ4n) is 1.42. The van der Waals surface area contributed by atoms with Crippen molar-refractivity contribution in [3.8, 4) is 0 Å².